The van der Waals surface area contributed by atoms with Crippen LogP contribution in [0.4, 0.5) is 10.1 Å². The lowest BCUT2D eigenvalue weighted by molar-refractivity contribution is -0.0331. The molecule has 0 saturated heterocycles. The van der Waals surface area contributed by atoms with Gasteiger partial charge >= 0.3 is 0 Å². The van der Waals surface area contributed by atoms with Crippen molar-refractivity contribution in [3.63, 3.8) is 0 Å². The Hall–Kier alpha value is -2.25. The normalized spacial score (nSPS) is 21.5. The molecule has 6 nitrogen and oxygen atoms in total. The number of unbranched alkanes of at least 4 members (excludes halogenated alkanes) is 1. The van der Waals surface area contributed by atoms with Crippen LogP contribution in [0.15, 0.2) is 36.7 Å². The predicted molar refractivity (Wildman–Crippen MR) is 130 cm³/mol. The summed E-state index contributed by atoms with van der Waals surface area (Å²) < 4.78 is 21.3. The van der Waals surface area contributed by atoms with Crippen LogP contribution in [-0.2, 0) is 4.74 Å². The Morgan fingerprint density at radius 1 is 1.33 bits per heavy atom. The highest BCUT2D eigenvalue weighted by atomic mass is 19.1. The third-order valence-corrected chi connectivity index (χ3v) is 6.83. The molecule has 2 aromatic rings. The minimum absolute atomic E-state index is 0.0865. The van der Waals surface area contributed by atoms with Gasteiger partial charge < -0.3 is 15.0 Å². The minimum Gasteiger partial charge on any atom is -0.375 e. The van der Waals surface area contributed by atoms with Crippen molar-refractivity contribution in [1.82, 2.24) is 14.7 Å². The molecule has 0 bridgehead atoms. The standard InChI is InChI=1S/C26H39FN4O2/c1-5-6-14-30(4)15-7-16-33-26(3)13-12-21(17-26)20(2)31-19-22(18-28-31)25(32)29-24-10-8-23(27)9-11-24/h8-11,18-21H,5-7,12-17H2,1-4H3,(H,29,32)/t20?,21-,26?/m0/s1. The zero-order chi connectivity index (χ0) is 23.8. The lowest BCUT2D eigenvalue weighted by atomic mass is 9.97. The molecule has 1 saturated carbocycles. The van der Waals surface area contributed by atoms with Crippen LogP contribution in [0.1, 0.15) is 75.7 Å². The lowest BCUT2D eigenvalue weighted by Crippen LogP contribution is -2.28. The second kappa shape index (κ2) is 11.7. The number of anilines is 1. The van der Waals surface area contributed by atoms with Crippen LogP contribution < -0.4 is 5.32 Å². The van der Waals surface area contributed by atoms with Gasteiger partial charge in [-0.3, -0.25) is 9.48 Å². The van der Waals surface area contributed by atoms with Crippen molar-refractivity contribution in [3.8, 4) is 0 Å². The monoisotopic (exact) mass is 458 g/mol. The van der Waals surface area contributed by atoms with Gasteiger partial charge in [0.05, 0.1) is 23.4 Å². The average molecular weight is 459 g/mol. The van der Waals surface area contributed by atoms with Gasteiger partial charge in [0.2, 0.25) is 0 Å². The van der Waals surface area contributed by atoms with E-state index in [4.69, 9.17) is 4.74 Å². The second-order valence-corrected chi connectivity index (χ2v) is 9.72. The van der Waals surface area contributed by atoms with Gasteiger partial charge in [-0.2, -0.15) is 5.10 Å². The van der Waals surface area contributed by atoms with Gasteiger partial charge in [0.25, 0.3) is 5.91 Å². The van der Waals surface area contributed by atoms with Crippen molar-refractivity contribution < 1.29 is 13.9 Å². The first-order valence-corrected chi connectivity index (χ1v) is 12.2. The quantitative estimate of drug-likeness (QED) is 0.425. The number of halogens is 1. The fourth-order valence-corrected chi connectivity index (χ4v) is 4.62. The van der Waals surface area contributed by atoms with E-state index in [1.165, 1.54) is 25.0 Å². The van der Waals surface area contributed by atoms with E-state index >= 15 is 0 Å². The van der Waals surface area contributed by atoms with Crippen LogP contribution in [0, 0.1) is 11.7 Å². The number of amides is 1. The maximum atomic E-state index is 13.1. The fraction of sp³-hybridized carbons (Fsp3) is 0.615. The second-order valence-electron chi connectivity index (χ2n) is 9.72. The highest BCUT2D eigenvalue weighted by Gasteiger charge is 2.39. The third kappa shape index (κ3) is 7.37. The number of aromatic nitrogens is 2. The highest BCUT2D eigenvalue weighted by Crippen LogP contribution is 2.42. The van der Waals surface area contributed by atoms with Crippen molar-refractivity contribution >= 4 is 11.6 Å². The Labute approximate surface area is 197 Å². The molecule has 1 amide bonds. The molecule has 1 fully saturated rings. The number of rotatable bonds is 12. The molecule has 3 atom stereocenters. The number of carbonyl (C=O) groups is 1. The van der Waals surface area contributed by atoms with Crippen LogP contribution in [0.2, 0.25) is 0 Å². The van der Waals surface area contributed by atoms with Crippen molar-refractivity contribution in [1.29, 1.82) is 0 Å². The Balaban J connectivity index is 1.46. The molecule has 1 aliphatic carbocycles. The van der Waals surface area contributed by atoms with Gasteiger partial charge in [-0.25, -0.2) is 4.39 Å². The molecule has 0 aliphatic heterocycles. The first kappa shape index (κ1) is 25.4. The summed E-state index contributed by atoms with van der Waals surface area (Å²) in [6, 6.07) is 5.92. The zero-order valence-corrected chi connectivity index (χ0v) is 20.5. The van der Waals surface area contributed by atoms with Gasteiger partial charge in [-0.15, -0.1) is 0 Å². The molecule has 3 rings (SSSR count). The molecule has 33 heavy (non-hydrogen) atoms. The summed E-state index contributed by atoms with van der Waals surface area (Å²) in [6.45, 7) is 9.64. The summed E-state index contributed by atoms with van der Waals surface area (Å²) in [5, 5.41) is 7.24. The van der Waals surface area contributed by atoms with Gasteiger partial charge in [0.1, 0.15) is 5.82 Å². The van der Waals surface area contributed by atoms with Crippen LogP contribution in [0.25, 0.3) is 0 Å². The predicted octanol–water partition coefficient (Wildman–Crippen LogP) is 5.53. The fourth-order valence-electron chi connectivity index (χ4n) is 4.62. The molecule has 182 valence electrons. The number of hydrogen-bond donors (Lipinski definition) is 1. The summed E-state index contributed by atoms with van der Waals surface area (Å²) in [5.41, 5.74) is 0.967. The number of nitrogens with zero attached hydrogens (tertiary/aromatic N) is 3. The van der Waals surface area contributed by atoms with E-state index in [0.29, 0.717) is 17.2 Å². The number of nitrogens with one attached hydrogen (secondary N) is 1. The summed E-state index contributed by atoms with van der Waals surface area (Å²) in [4.78, 5) is 14.9. The van der Waals surface area contributed by atoms with E-state index in [1.54, 1.807) is 24.5 Å². The summed E-state index contributed by atoms with van der Waals surface area (Å²) in [7, 11) is 2.18. The zero-order valence-electron chi connectivity index (χ0n) is 20.5. The van der Waals surface area contributed by atoms with Crippen LogP contribution in [0.5, 0.6) is 0 Å². The maximum Gasteiger partial charge on any atom is 0.258 e. The van der Waals surface area contributed by atoms with E-state index < -0.39 is 0 Å². The van der Waals surface area contributed by atoms with Gasteiger partial charge in [0, 0.05) is 25.0 Å². The van der Waals surface area contributed by atoms with Gasteiger partial charge in [0.15, 0.2) is 0 Å². The highest BCUT2D eigenvalue weighted by molar-refractivity contribution is 6.03. The van der Waals surface area contributed by atoms with Crippen molar-refractivity contribution in [2.75, 3.05) is 32.1 Å². The third-order valence-electron chi connectivity index (χ3n) is 6.83. The summed E-state index contributed by atoms with van der Waals surface area (Å²) in [5.74, 6) is -0.125. The molecule has 2 unspecified atom stereocenters. The van der Waals surface area contributed by atoms with Gasteiger partial charge in [-0.1, -0.05) is 13.3 Å². The summed E-state index contributed by atoms with van der Waals surface area (Å²) in [6.07, 6.45) is 10.1. The summed E-state index contributed by atoms with van der Waals surface area (Å²) >= 11 is 0. The number of hydrogen-bond acceptors (Lipinski definition) is 4. The van der Waals surface area contributed by atoms with Gasteiger partial charge in [-0.05, 0) is 89.7 Å². The van der Waals surface area contributed by atoms with Crippen LogP contribution >= 0.6 is 0 Å². The maximum absolute atomic E-state index is 13.1. The van der Waals surface area contributed by atoms with Crippen molar-refractivity contribution in [2.45, 2.75) is 70.9 Å². The lowest BCUT2D eigenvalue weighted by Gasteiger charge is -2.27. The molecule has 0 spiro atoms. The molecule has 1 aromatic heterocycles. The van der Waals surface area contributed by atoms with E-state index in [1.807, 2.05) is 4.68 Å². The van der Waals surface area contributed by atoms with Crippen molar-refractivity contribution in [2.24, 2.45) is 5.92 Å². The van der Waals surface area contributed by atoms with E-state index in [0.717, 1.165) is 45.4 Å². The largest absolute Gasteiger partial charge is 0.375 e. The van der Waals surface area contributed by atoms with Crippen LogP contribution in [-0.4, -0.2) is 52.9 Å². The molecule has 7 heteroatoms. The van der Waals surface area contributed by atoms with E-state index in [9.17, 15) is 9.18 Å². The minimum atomic E-state index is -0.332. The number of benzene rings is 1. The Bertz CT molecular complexity index is 885. The van der Waals surface area contributed by atoms with Crippen LogP contribution in [0.3, 0.4) is 0 Å². The Morgan fingerprint density at radius 2 is 2.06 bits per heavy atom. The number of carbonyl (C=O) groups excluding carboxylic acids is 1. The molecule has 1 aromatic carbocycles. The topological polar surface area (TPSA) is 59.4 Å². The molecule has 1 heterocycles. The Morgan fingerprint density at radius 3 is 2.79 bits per heavy atom. The number of ether oxygens (including phenoxy) is 1. The smallest absolute Gasteiger partial charge is 0.258 e. The first-order chi connectivity index (χ1) is 15.8. The Kier molecular flexibility index (Phi) is 9.03. The molecule has 0 radical (unpaired) electrons. The van der Waals surface area contributed by atoms with E-state index in [2.05, 4.69) is 43.1 Å². The first-order valence-electron chi connectivity index (χ1n) is 12.2. The molecule has 1 N–H and O–H groups in total. The average Bonchev–Trinajstić information content (AvgIpc) is 3.44. The molecular formula is C26H39FN4O2. The SMILES string of the molecule is CCCCN(C)CCCOC1(C)CC[C@H](C(C)n2cc(C(=O)Nc3ccc(F)cc3)cn2)C1. The molecular weight excluding hydrogens is 419 g/mol. The van der Waals surface area contributed by atoms with Crippen molar-refractivity contribution in [3.05, 3.63) is 48.0 Å². The van der Waals surface area contributed by atoms with E-state index in [-0.39, 0.29) is 23.4 Å². The molecule has 1 aliphatic rings.